The fraction of sp³-hybridized carbons (Fsp3) is 0.333. The van der Waals surface area contributed by atoms with Crippen LogP contribution in [0.2, 0.25) is 5.02 Å². The van der Waals surface area contributed by atoms with Gasteiger partial charge in [-0.2, -0.15) is 0 Å². The van der Waals surface area contributed by atoms with E-state index in [9.17, 15) is 0 Å². The fourth-order valence-corrected chi connectivity index (χ4v) is 2.07. The van der Waals surface area contributed by atoms with E-state index in [2.05, 4.69) is 20.6 Å². The van der Waals surface area contributed by atoms with Crippen LogP contribution in [0.3, 0.4) is 0 Å². The second kappa shape index (κ2) is 7.10. The zero-order valence-corrected chi connectivity index (χ0v) is 12.5. The molecule has 5 heteroatoms. The molecule has 2 aromatic rings. The van der Waals surface area contributed by atoms with Gasteiger partial charge in [0.15, 0.2) is 0 Å². The van der Waals surface area contributed by atoms with Gasteiger partial charge in [0, 0.05) is 30.6 Å². The molecule has 0 aliphatic carbocycles. The summed E-state index contributed by atoms with van der Waals surface area (Å²) < 4.78 is 0. The molecule has 0 saturated heterocycles. The van der Waals surface area contributed by atoms with Crippen molar-refractivity contribution in [3.8, 4) is 0 Å². The standard InChI is InChI=1S/C15H19ClN4/c1-3-13-19-14(17-4-2)9-15(20-13)18-10-11-6-5-7-12(16)8-11/h5-9H,3-4,10H2,1-2H3,(H2,17,18,19,20). The van der Waals surface area contributed by atoms with Crippen molar-refractivity contribution in [3.63, 3.8) is 0 Å². The molecule has 0 bridgehead atoms. The lowest BCUT2D eigenvalue weighted by Gasteiger charge is -2.10. The number of hydrogen-bond donors (Lipinski definition) is 2. The van der Waals surface area contributed by atoms with E-state index in [1.807, 2.05) is 44.2 Å². The molecule has 1 aromatic heterocycles. The van der Waals surface area contributed by atoms with Crippen molar-refractivity contribution >= 4 is 23.2 Å². The van der Waals surface area contributed by atoms with Gasteiger partial charge in [0.1, 0.15) is 17.5 Å². The SMILES string of the molecule is CCNc1cc(NCc2cccc(Cl)c2)nc(CC)n1. The molecule has 20 heavy (non-hydrogen) atoms. The minimum Gasteiger partial charge on any atom is -0.370 e. The Labute approximate surface area is 124 Å². The summed E-state index contributed by atoms with van der Waals surface area (Å²) in [6.45, 7) is 5.62. The lowest BCUT2D eigenvalue weighted by molar-refractivity contribution is 0.929. The third-order valence-corrected chi connectivity index (χ3v) is 3.04. The molecule has 106 valence electrons. The molecule has 0 unspecified atom stereocenters. The molecule has 0 aliphatic heterocycles. The summed E-state index contributed by atoms with van der Waals surface area (Å²) in [5.41, 5.74) is 1.12. The molecule has 4 nitrogen and oxygen atoms in total. The van der Waals surface area contributed by atoms with Gasteiger partial charge in [0.25, 0.3) is 0 Å². The molecule has 0 fully saturated rings. The molecule has 0 radical (unpaired) electrons. The van der Waals surface area contributed by atoms with Crippen LogP contribution in [0, 0.1) is 0 Å². The maximum Gasteiger partial charge on any atom is 0.132 e. The van der Waals surface area contributed by atoms with E-state index < -0.39 is 0 Å². The van der Waals surface area contributed by atoms with Gasteiger partial charge in [-0.1, -0.05) is 30.7 Å². The maximum absolute atomic E-state index is 5.98. The predicted molar refractivity (Wildman–Crippen MR) is 84.4 cm³/mol. The van der Waals surface area contributed by atoms with Crippen LogP contribution in [0.4, 0.5) is 11.6 Å². The minimum atomic E-state index is 0.687. The van der Waals surface area contributed by atoms with Gasteiger partial charge in [-0.15, -0.1) is 0 Å². The van der Waals surface area contributed by atoms with Gasteiger partial charge >= 0.3 is 0 Å². The molecule has 0 saturated carbocycles. The number of nitrogens with one attached hydrogen (secondary N) is 2. The van der Waals surface area contributed by atoms with Crippen molar-refractivity contribution in [2.45, 2.75) is 26.8 Å². The number of halogens is 1. The Balaban J connectivity index is 2.10. The van der Waals surface area contributed by atoms with Crippen molar-refractivity contribution < 1.29 is 0 Å². The Kier molecular flexibility index (Phi) is 5.18. The van der Waals surface area contributed by atoms with Crippen LogP contribution in [-0.4, -0.2) is 16.5 Å². The van der Waals surface area contributed by atoms with Crippen molar-refractivity contribution in [1.29, 1.82) is 0 Å². The Morgan fingerprint density at radius 2 is 1.80 bits per heavy atom. The molecular formula is C15H19ClN4. The number of nitrogens with zero attached hydrogens (tertiary/aromatic N) is 2. The number of hydrogen-bond acceptors (Lipinski definition) is 4. The molecule has 0 aliphatic rings. The summed E-state index contributed by atoms with van der Waals surface area (Å²) in [6, 6.07) is 9.72. The van der Waals surface area contributed by atoms with E-state index in [4.69, 9.17) is 11.6 Å². The number of aryl methyl sites for hydroxylation is 1. The number of aromatic nitrogens is 2. The summed E-state index contributed by atoms with van der Waals surface area (Å²) in [5, 5.41) is 7.27. The third-order valence-electron chi connectivity index (χ3n) is 2.81. The first-order valence-corrected chi connectivity index (χ1v) is 7.19. The molecule has 0 spiro atoms. The number of anilines is 2. The van der Waals surface area contributed by atoms with E-state index in [1.165, 1.54) is 0 Å². The molecule has 0 atom stereocenters. The van der Waals surface area contributed by atoms with Crippen LogP contribution in [0.5, 0.6) is 0 Å². The second-order valence-corrected chi connectivity index (χ2v) is 4.86. The first kappa shape index (κ1) is 14.6. The van der Waals surface area contributed by atoms with Crippen LogP contribution in [-0.2, 0) is 13.0 Å². The smallest absolute Gasteiger partial charge is 0.132 e. The van der Waals surface area contributed by atoms with E-state index in [0.717, 1.165) is 41.0 Å². The van der Waals surface area contributed by atoms with Crippen LogP contribution >= 0.6 is 11.6 Å². The summed E-state index contributed by atoms with van der Waals surface area (Å²) >= 11 is 5.98. The van der Waals surface area contributed by atoms with Gasteiger partial charge in [-0.3, -0.25) is 0 Å². The quantitative estimate of drug-likeness (QED) is 0.851. The largest absolute Gasteiger partial charge is 0.370 e. The van der Waals surface area contributed by atoms with E-state index in [-0.39, 0.29) is 0 Å². The molecule has 2 N–H and O–H groups in total. The zero-order chi connectivity index (χ0) is 14.4. The molecule has 1 heterocycles. The Hall–Kier alpha value is -1.81. The molecule has 1 aromatic carbocycles. The highest BCUT2D eigenvalue weighted by molar-refractivity contribution is 6.30. The molecule has 0 amide bonds. The maximum atomic E-state index is 5.98. The highest BCUT2D eigenvalue weighted by atomic mass is 35.5. The number of benzene rings is 1. The lowest BCUT2D eigenvalue weighted by Crippen LogP contribution is -2.07. The topological polar surface area (TPSA) is 49.8 Å². The normalized spacial score (nSPS) is 10.3. The molecular weight excluding hydrogens is 272 g/mol. The van der Waals surface area contributed by atoms with Gasteiger partial charge in [0.05, 0.1) is 0 Å². The van der Waals surface area contributed by atoms with Gasteiger partial charge < -0.3 is 10.6 Å². The van der Waals surface area contributed by atoms with Crippen molar-refractivity contribution in [3.05, 3.63) is 46.7 Å². The predicted octanol–water partition coefficient (Wildman–Crippen LogP) is 3.74. The lowest BCUT2D eigenvalue weighted by atomic mass is 10.2. The van der Waals surface area contributed by atoms with Gasteiger partial charge in [0.2, 0.25) is 0 Å². The van der Waals surface area contributed by atoms with Crippen molar-refractivity contribution in [2.24, 2.45) is 0 Å². The average molecular weight is 291 g/mol. The van der Waals surface area contributed by atoms with E-state index >= 15 is 0 Å². The Bertz CT molecular complexity index is 572. The third kappa shape index (κ3) is 4.10. The van der Waals surface area contributed by atoms with E-state index in [0.29, 0.717) is 6.54 Å². The summed E-state index contributed by atoms with van der Waals surface area (Å²) in [6.07, 6.45) is 0.811. The summed E-state index contributed by atoms with van der Waals surface area (Å²) in [5.74, 6) is 2.51. The molecule has 2 rings (SSSR count). The first-order valence-electron chi connectivity index (χ1n) is 6.81. The van der Waals surface area contributed by atoms with Crippen molar-refractivity contribution in [2.75, 3.05) is 17.2 Å². The van der Waals surface area contributed by atoms with Crippen LogP contribution < -0.4 is 10.6 Å². The van der Waals surface area contributed by atoms with Crippen molar-refractivity contribution in [1.82, 2.24) is 9.97 Å². The van der Waals surface area contributed by atoms with E-state index in [1.54, 1.807) is 0 Å². The Morgan fingerprint density at radius 1 is 1.05 bits per heavy atom. The Morgan fingerprint density at radius 3 is 2.45 bits per heavy atom. The van der Waals surface area contributed by atoms with Gasteiger partial charge in [-0.25, -0.2) is 9.97 Å². The highest BCUT2D eigenvalue weighted by Crippen LogP contribution is 2.15. The van der Waals surface area contributed by atoms with Crippen LogP contribution in [0.15, 0.2) is 30.3 Å². The number of rotatable bonds is 6. The average Bonchev–Trinajstić information content (AvgIpc) is 2.45. The second-order valence-electron chi connectivity index (χ2n) is 4.42. The monoisotopic (exact) mass is 290 g/mol. The van der Waals surface area contributed by atoms with Crippen LogP contribution in [0.1, 0.15) is 25.2 Å². The van der Waals surface area contributed by atoms with Gasteiger partial charge in [-0.05, 0) is 24.6 Å². The minimum absolute atomic E-state index is 0.687. The fourth-order valence-electron chi connectivity index (χ4n) is 1.86. The zero-order valence-electron chi connectivity index (χ0n) is 11.8. The summed E-state index contributed by atoms with van der Waals surface area (Å²) in [4.78, 5) is 8.90. The van der Waals surface area contributed by atoms with Crippen LogP contribution in [0.25, 0.3) is 0 Å². The first-order chi connectivity index (χ1) is 9.71. The summed E-state index contributed by atoms with van der Waals surface area (Å²) in [7, 11) is 0. The highest BCUT2D eigenvalue weighted by Gasteiger charge is 2.03.